The van der Waals surface area contributed by atoms with Crippen LogP contribution in [0.15, 0.2) is 42.7 Å². The van der Waals surface area contributed by atoms with Gasteiger partial charge in [0.1, 0.15) is 6.10 Å². The highest BCUT2D eigenvalue weighted by Gasteiger charge is 2.39. The van der Waals surface area contributed by atoms with Crippen LogP contribution in [0.2, 0.25) is 5.02 Å². The average Bonchev–Trinajstić information content (AvgIpc) is 3.04. The lowest BCUT2D eigenvalue weighted by molar-refractivity contribution is 0.155. The van der Waals surface area contributed by atoms with E-state index in [1.807, 2.05) is 19.3 Å². The van der Waals surface area contributed by atoms with Gasteiger partial charge in [-0.1, -0.05) is 24.2 Å². The van der Waals surface area contributed by atoms with Gasteiger partial charge in [0, 0.05) is 30.3 Å². The molecule has 1 aromatic heterocycles. The summed E-state index contributed by atoms with van der Waals surface area (Å²) in [5.74, 6) is 0. The molecule has 1 aliphatic rings. The molecule has 0 saturated carbocycles. The smallest absolute Gasteiger partial charge is 0.186 e. The Morgan fingerprint density at radius 2 is 2.27 bits per heavy atom. The molecular formula is C16H17ClN2O3. The molecule has 1 saturated heterocycles. The van der Waals surface area contributed by atoms with Gasteiger partial charge in [-0.2, -0.15) is 5.10 Å². The Kier molecular flexibility index (Phi) is 4.06. The van der Waals surface area contributed by atoms with Crippen LogP contribution < -0.4 is 0 Å². The minimum Gasteiger partial charge on any atom is -0.388 e. The zero-order valence-corrected chi connectivity index (χ0v) is 12.9. The molecule has 0 aliphatic carbocycles. The predicted molar refractivity (Wildman–Crippen MR) is 83.3 cm³/mol. The SMILES string of the molecule is C=C(CC(O)c1ccc(Cl)cc1-c1cnn(C)c1)C1OC1O. The maximum Gasteiger partial charge on any atom is 0.186 e. The number of benzene rings is 1. The quantitative estimate of drug-likeness (QED) is 0.655. The van der Waals surface area contributed by atoms with Crippen LogP contribution in [0.25, 0.3) is 11.1 Å². The normalized spacial score (nSPS) is 21.6. The van der Waals surface area contributed by atoms with E-state index in [0.29, 0.717) is 17.0 Å². The highest BCUT2D eigenvalue weighted by Crippen LogP contribution is 2.36. The summed E-state index contributed by atoms with van der Waals surface area (Å²) >= 11 is 6.08. The number of aliphatic hydroxyl groups is 2. The molecule has 0 spiro atoms. The molecule has 1 aliphatic heterocycles. The van der Waals surface area contributed by atoms with Crippen LogP contribution in [-0.4, -0.2) is 32.4 Å². The Bertz CT molecular complexity index is 713. The maximum absolute atomic E-state index is 10.5. The molecule has 2 aromatic rings. The van der Waals surface area contributed by atoms with Crippen LogP contribution in [-0.2, 0) is 11.8 Å². The third kappa shape index (κ3) is 3.08. The van der Waals surface area contributed by atoms with Crippen LogP contribution in [0, 0.1) is 0 Å². The van der Waals surface area contributed by atoms with Crippen molar-refractivity contribution in [2.75, 3.05) is 0 Å². The van der Waals surface area contributed by atoms with Crippen LogP contribution in [0.1, 0.15) is 18.1 Å². The Hall–Kier alpha value is -1.66. The summed E-state index contributed by atoms with van der Waals surface area (Å²) in [6.07, 6.45) is 1.99. The second-order valence-electron chi connectivity index (χ2n) is 5.46. The average molecular weight is 321 g/mol. The first-order valence-corrected chi connectivity index (χ1v) is 7.31. The van der Waals surface area contributed by atoms with Crippen molar-refractivity contribution in [3.05, 3.63) is 53.3 Å². The van der Waals surface area contributed by atoms with E-state index in [1.165, 1.54) is 0 Å². The van der Waals surface area contributed by atoms with E-state index in [1.54, 1.807) is 23.0 Å². The Morgan fingerprint density at radius 3 is 2.86 bits per heavy atom. The lowest BCUT2D eigenvalue weighted by Gasteiger charge is -2.16. The molecule has 2 N–H and O–H groups in total. The fourth-order valence-electron chi connectivity index (χ4n) is 2.51. The number of aliphatic hydroxyl groups excluding tert-OH is 2. The largest absolute Gasteiger partial charge is 0.388 e. The molecule has 3 unspecified atom stereocenters. The van der Waals surface area contributed by atoms with Crippen molar-refractivity contribution in [1.82, 2.24) is 9.78 Å². The number of rotatable bonds is 5. The Labute approximate surface area is 133 Å². The number of hydrogen-bond donors (Lipinski definition) is 2. The highest BCUT2D eigenvalue weighted by atomic mass is 35.5. The number of nitrogens with zero attached hydrogens (tertiary/aromatic N) is 2. The van der Waals surface area contributed by atoms with E-state index in [-0.39, 0.29) is 6.10 Å². The zero-order valence-electron chi connectivity index (χ0n) is 12.1. The topological polar surface area (TPSA) is 70.8 Å². The predicted octanol–water partition coefficient (Wildman–Crippen LogP) is 2.44. The van der Waals surface area contributed by atoms with Crippen molar-refractivity contribution in [2.45, 2.75) is 24.9 Å². The van der Waals surface area contributed by atoms with E-state index < -0.39 is 12.4 Å². The van der Waals surface area contributed by atoms with Gasteiger partial charge < -0.3 is 14.9 Å². The van der Waals surface area contributed by atoms with E-state index in [9.17, 15) is 10.2 Å². The Balaban J connectivity index is 1.87. The van der Waals surface area contributed by atoms with Gasteiger partial charge in [-0.15, -0.1) is 0 Å². The van der Waals surface area contributed by atoms with Crippen molar-refractivity contribution in [3.63, 3.8) is 0 Å². The van der Waals surface area contributed by atoms with E-state index >= 15 is 0 Å². The summed E-state index contributed by atoms with van der Waals surface area (Å²) in [7, 11) is 1.83. The van der Waals surface area contributed by atoms with E-state index in [4.69, 9.17) is 16.3 Å². The molecule has 6 heteroatoms. The van der Waals surface area contributed by atoms with E-state index in [0.717, 1.165) is 16.7 Å². The van der Waals surface area contributed by atoms with Crippen molar-refractivity contribution >= 4 is 11.6 Å². The van der Waals surface area contributed by atoms with Gasteiger partial charge in [0.15, 0.2) is 6.29 Å². The minimum absolute atomic E-state index is 0.316. The number of epoxide rings is 1. The van der Waals surface area contributed by atoms with Gasteiger partial charge in [0.2, 0.25) is 0 Å². The minimum atomic E-state index is -0.789. The van der Waals surface area contributed by atoms with Crippen molar-refractivity contribution in [3.8, 4) is 11.1 Å². The maximum atomic E-state index is 10.5. The third-order valence-electron chi connectivity index (χ3n) is 3.72. The summed E-state index contributed by atoms with van der Waals surface area (Å²) in [5, 5.41) is 24.5. The monoisotopic (exact) mass is 320 g/mol. The number of aromatic nitrogens is 2. The zero-order chi connectivity index (χ0) is 15.9. The highest BCUT2D eigenvalue weighted by molar-refractivity contribution is 6.30. The van der Waals surface area contributed by atoms with Gasteiger partial charge in [-0.3, -0.25) is 4.68 Å². The molecule has 1 fully saturated rings. The van der Waals surface area contributed by atoms with Gasteiger partial charge in [-0.25, -0.2) is 0 Å². The van der Waals surface area contributed by atoms with Gasteiger partial charge in [-0.05, 0) is 28.8 Å². The summed E-state index contributed by atoms with van der Waals surface area (Å²) in [6.45, 7) is 3.87. The van der Waals surface area contributed by atoms with Crippen LogP contribution >= 0.6 is 11.6 Å². The molecule has 0 amide bonds. The fourth-order valence-corrected chi connectivity index (χ4v) is 2.68. The molecule has 5 nitrogen and oxygen atoms in total. The molecule has 3 rings (SSSR count). The van der Waals surface area contributed by atoms with Crippen LogP contribution in [0.3, 0.4) is 0 Å². The summed E-state index contributed by atoms with van der Waals surface area (Å²) in [4.78, 5) is 0. The molecule has 0 bridgehead atoms. The first-order chi connectivity index (χ1) is 10.5. The second-order valence-corrected chi connectivity index (χ2v) is 5.90. The number of halogens is 1. The third-order valence-corrected chi connectivity index (χ3v) is 3.95. The second kappa shape index (κ2) is 5.85. The molecular weight excluding hydrogens is 304 g/mol. The molecule has 0 radical (unpaired) electrons. The van der Waals surface area contributed by atoms with Crippen molar-refractivity contribution in [1.29, 1.82) is 0 Å². The Morgan fingerprint density at radius 1 is 1.55 bits per heavy atom. The van der Waals surface area contributed by atoms with Crippen LogP contribution in [0.4, 0.5) is 0 Å². The number of aryl methyl sites for hydroxylation is 1. The van der Waals surface area contributed by atoms with Gasteiger partial charge >= 0.3 is 0 Å². The van der Waals surface area contributed by atoms with E-state index in [2.05, 4.69) is 11.7 Å². The first-order valence-electron chi connectivity index (χ1n) is 6.93. The molecule has 2 heterocycles. The van der Waals surface area contributed by atoms with Gasteiger partial charge in [0.05, 0.1) is 12.3 Å². The standard InChI is InChI=1S/C16H17ClN2O3/c1-9(15-16(21)22-15)5-14(20)12-4-3-11(17)6-13(12)10-7-18-19(2)8-10/h3-4,6-8,14-16,20-21H,1,5H2,2H3. The van der Waals surface area contributed by atoms with Gasteiger partial charge in [0.25, 0.3) is 0 Å². The first kappa shape index (κ1) is 15.2. The lowest BCUT2D eigenvalue weighted by Crippen LogP contribution is -2.05. The molecule has 1 aromatic carbocycles. The lowest BCUT2D eigenvalue weighted by atomic mass is 9.94. The van der Waals surface area contributed by atoms with Crippen molar-refractivity contribution in [2.24, 2.45) is 7.05 Å². The number of ether oxygens (including phenoxy) is 1. The molecule has 22 heavy (non-hydrogen) atoms. The summed E-state index contributed by atoms with van der Waals surface area (Å²) in [5.41, 5.74) is 3.13. The fraction of sp³-hybridized carbons (Fsp3) is 0.312. The van der Waals surface area contributed by atoms with Crippen molar-refractivity contribution < 1.29 is 14.9 Å². The number of hydrogen-bond acceptors (Lipinski definition) is 4. The molecule has 116 valence electrons. The molecule has 3 atom stereocenters. The van der Waals surface area contributed by atoms with Crippen LogP contribution in [0.5, 0.6) is 0 Å². The summed E-state index contributed by atoms with van der Waals surface area (Å²) < 4.78 is 6.66. The summed E-state index contributed by atoms with van der Waals surface area (Å²) in [6, 6.07) is 5.35.